The lowest BCUT2D eigenvalue weighted by molar-refractivity contribution is -0.114. The van der Waals surface area contributed by atoms with Gasteiger partial charge < -0.3 is 15.4 Å². The smallest absolute Gasteiger partial charge is 0.255 e. The maximum absolute atomic E-state index is 12.5. The first kappa shape index (κ1) is 16.5. The van der Waals surface area contributed by atoms with Crippen LogP contribution in [-0.2, 0) is 11.3 Å². The molecule has 0 atom stereocenters. The fourth-order valence-electron chi connectivity index (χ4n) is 2.56. The Balaban J connectivity index is 1.81. The molecule has 0 aliphatic rings. The second kappa shape index (κ2) is 7.04. The molecule has 1 aromatic carbocycles. The van der Waals surface area contributed by atoms with Gasteiger partial charge in [0.1, 0.15) is 5.75 Å². The molecule has 0 saturated heterocycles. The minimum Gasteiger partial charge on any atom is -0.496 e. The van der Waals surface area contributed by atoms with Gasteiger partial charge in [0.25, 0.3) is 5.91 Å². The summed E-state index contributed by atoms with van der Waals surface area (Å²) in [6.45, 7) is 1.77. The Morgan fingerprint density at radius 2 is 2.04 bits per heavy atom. The first-order chi connectivity index (χ1) is 12.1. The number of carbonyl (C=O) groups is 2. The quantitative estimate of drug-likeness (QED) is 0.747. The Hall–Kier alpha value is -3.35. The number of ether oxygens (including phenoxy) is 1. The highest BCUT2D eigenvalue weighted by Gasteiger charge is 2.14. The fourth-order valence-corrected chi connectivity index (χ4v) is 2.56. The first-order valence-corrected chi connectivity index (χ1v) is 7.73. The van der Waals surface area contributed by atoms with Crippen molar-refractivity contribution in [2.24, 2.45) is 0 Å². The molecule has 25 heavy (non-hydrogen) atoms. The van der Waals surface area contributed by atoms with Crippen LogP contribution in [0.15, 0.2) is 48.8 Å². The molecule has 0 spiro atoms. The van der Waals surface area contributed by atoms with E-state index in [1.807, 2.05) is 24.3 Å². The zero-order valence-corrected chi connectivity index (χ0v) is 13.9. The van der Waals surface area contributed by atoms with Crippen LogP contribution in [0.5, 0.6) is 5.75 Å². The number of hydrogen-bond acceptors (Lipinski definition) is 4. The topological polar surface area (TPSA) is 84.7 Å². The molecule has 7 nitrogen and oxygen atoms in total. The molecule has 0 aliphatic carbocycles. The summed E-state index contributed by atoms with van der Waals surface area (Å²) >= 11 is 0. The van der Waals surface area contributed by atoms with Crippen molar-refractivity contribution in [2.45, 2.75) is 13.5 Å². The van der Waals surface area contributed by atoms with Gasteiger partial charge >= 0.3 is 0 Å². The lowest BCUT2D eigenvalue weighted by Crippen LogP contribution is -2.23. The third-order valence-electron chi connectivity index (χ3n) is 3.72. The average Bonchev–Trinajstić information content (AvgIpc) is 3.02. The van der Waals surface area contributed by atoms with Crippen LogP contribution < -0.4 is 15.4 Å². The lowest BCUT2D eigenvalue weighted by atomic mass is 10.2. The van der Waals surface area contributed by atoms with E-state index in [1.54, 1.807) is 30.0 Å². The Morgan fingerprint density at radius 3 is 2.80 bits per heavy atom. The van der Waals surface area contributed by atoms with Gasteiger partial charge in [0, 0.05) is 30.9 Å². The summed E-state index contributed by atoms with van der Waals surface area (Å²) in [6, 6.07) is 10.9. The monoisotopic (exact) mass is 338 g/mol. The summed E-state index contributed by atoms with van der Waals surface area (Å²) in [5, 5.41) is 9.73. The minimum absolute atomic E-state index is 0.175. The number of nitrogens with zero attached hydrogens (tertiary/aromatic N) is 2. The Bertz CT molecular complexity index is 933. The molecule has 3 aromatic rings. The van der Waals surface area contributed by atoms with Gasteiger partial charge in [-0.1, -0.05) is 18.2 Å². The second-order valence-corrected chi connectivity index (χ2v) is 5.48. The summed E-state index contributed by atoms with van der Waals surface area (Å²) in [6.07, 6.45) is 3.20. The molecule has 3 rings (SSSR count). The molecular weight excluding hydrogens is 320 g/mol. The molecule has 0 radical (unpaired) electrons. The van der Waals surface area contributed by atoms with E-state index in [4.69, 9.17) is 4.74 Å². The molecule has 0 aliphatic heterocycles. The SMILES string of the molecule is COc1ccccc1CNC(=O)c1cnn2ccc(NC(C)=O)cc12. The number of aromatic nitrogens is 2. The molecular formula is C18H18N4O3. The van der Waals surface area contributed by atoms with Gasteiger partial charge in [0.2, 0.25) is 5.91 Å². The zero-order valence-electron chi connectivity index (χ0n) is 13.9. The van der Waals surface area contributed by atoms with Crippen LogP contribution in [0, 0.1) is 0 Å². The molecule has 0 bridgehead atoms. The average molecular weight is 338 g/mol. The lowest BCUT2D eigenvalue weighted by Gasteiger charge is -2.09. The number of nitrogens with one attached hydrogen (secondary N) is 2. The Morgan fingerprint density at radius 1 is 1.24 bits per heavy atom. The van der Waals surface area contributed by atoms with Gasteiger partial charge in [-0.25, -0.2) is 4.52 Å². The number of amides is 2. The predicted molar refractivity (Wildman–Crippen MR) is 93.7 cm³/mol. The number of methoxy groups -OCH3 is 1. The number of anilines is 1. The van der Waals surface area contributed by atoms with Crippen LogP contribution in [-0.4, -0.2) is 28.5 Å². The molecule has 0 fully saturated rings. The van der Waals surface area contributed by atoms with E-state index in [-0.39, 0.29) is 11.8 Å². The van der Waals surface area contributed by atoms with Crippen LogP contribution in [0.2, 0.25) is 0 Å². The van der Waals surface area contributed by atoms with Gasteiger partial charge in [0.15, 0.2) is 0 Å². The third kappa shape index (κ3) is 3.60. The minimum atomic E-state index is -0.249. The van der Waals surface area contributed by atoms with E-state index in [9.17, 15) is 9.59 Å². The molecule has 128 valence electrons. The molecule has 7 heteroatoms. The van der Waals surface area contributed by atoms with E-state index < -0.39 is 0 Å². The summed E-state index contributed by atoms with van der Waals surface area (Å²) in [5.41, 5.74) is 2.54. The highest BCUT2D eigenvalue weighted by atomic mass is 16.5. The zero-order chi connectivity index (χ0) is 17.8. The number of para-hydroxylation sites is 1. The van der Waals surface area contributed by atoms with Crippen LogP contribution >= 0.6 is 0 Å². The fraction of sp³-hybridized carbons (Fsp3) is 0.167. The van der Waals surface area contributed by atoms with Crippen molar-refractivity contribution in [3.63, 3.8) is 0 Å². The van der Waals surface area contributed by atoms with E-state index >= 15 is 0 Å². The summed E-state index contributed by atoms with van der Waals surface area (Å²) in [4.78, 5) is 23.7. The highest BCUT2D eigenvalue weighted by Crippen LogP contribution is 2.18. The van der Waals surface area contributed by atoms with Crippen LogP contribution in [0.25, 0.3) is 5.52 Å². The van der Waals surface area contributed by atoms with Crippen molar-refractivity contribution in [1.82, 2.24) is 14.9 Å². The molecule has 2 amide bonds. The van der Waals surface area contributed by atoms with Crippen molar-refractivity contribution in [2.75, 3.05) is 12.4 Å². The summed E-state index contributed by atoms with van der Waals surface area (Å²) in [5.74, 6) is 0.294. The van der Waals surface area contributed by atoms with Crippen LogP contribution in [0.4, 0.5) is 5.69 Å². The third-order valence-corrected chi connectivity index (χ3v) is 3.72. The number of fused-ring (bicyclic) bond motifs is 1. The first-order valence-electron chi connectivity index (χ1n) is 7.73. The molecule has 2 aromatic heterocycles. The van der Waals surface area contributed by atoms with E-state index in [2.05, 4.69) is 15.7 Å². The second-order valence-electron chi connectivity index (χ2n) is 5.48. The largest absolute Gasteiger partial charge is 0.496 e. The maximum atomic E-state index is 12.5. The Labute approximate surface area is 144 Å². The predicted octanol–water partition coefficient (Wildman–Crippen LogP) is 2.23. The van der Waals surface area contributed by atoms with Crippen molar-refractivity contribution in [1.29, 1.82) is 0 Å². The summed E-state index contributed by atoms with van der Waals surface area (Å²) < 4.78 is 6.87. The van der Waals surface area contributed by atoms with E-state index in [0.29, 0.717) is 23.3 Å². The van der Waals surface area contributed by atoms with Gasteiger partial charge in [-0.3, -0.25) is 9.59 Å². The number of hydrogen-bond donors (Lipinski definition) is 2. The summed E-state index contributed by atoms with van der Waals surface area (Å²) in [7, 11) is 1.59. The highest BCUT2D eigenvalue weighted by molar-refractivity contribution is 6.01. The number of rotatable bonds is 5. The molecule has 2 heterocycles. The van der Waals surface area contributed by atoms with Crippen molar-refractivity contribution < 1.29 is 14.3 Å². The normalized spacial score (nSPS) is 10.5. The maximum Gasteiger partial charge on any atom is 0.255 e. The van der Waals surface area contributed by atoms with Crippen LogP contribution in [0.1, 0.15) is 22.8 Å². The van der Waals surface area contributed by atoms with Crippen LogP contribution in [0.3, 0.4) is 0 Å². The number of benzene rings is 1. The van der Waals surface area contributed by atoms with Gasteiger partial charge in [-0.15, -0.1) is 0 Å². The molecule has 0 saturated carbocycles. The van der Waals surface area contributed by atoms with Crippen molar-refractivity contribution in [3.05, 3.63) is 59.9 Å². The Kier molecular flexibility index (Phi) is 4.65. The standard InChI is InChI=1S/C18H18N4O3/c1-12(23)21-14-7-8-22-16(9-14)15(11-20-22)18(24)19-10-13-5-3-4-6-17(13)25-2/h3-9,11H,10H2,1-2H3,(H,19,24)(H,21,23). The van der Waals surface area contributed by atoms with Crippen molar-refractivity contribution in [3.8, 4) is 5.75 Å². The van der Waals surface area contributed by atoms with Gasteiger partial charge in [0.05, 0.1) is 24.4 Å². The number of carbonyl (C=O) groups excluding carboxylic acids is 2. The molecule has 2 N–H and O–H groups in total. The van der Waals surface area contributed by atoms with Crippen molar-refractivity contribution >= 4 is 23.0 Å². The van der Waals surface area contributed by atoms with Gasteiger partial charge in [-0.05, 0) is 18.2 Å². The van der Waals surface area contributed by atoms with E-state index in [1.165, 1.54) is 13.1 Å². The number of pyridine rings is 1. The molecule has 0 unspecified atom stereocenters. The van der Waals surface area contributed by atoms with E-state index in [0.717, 1.165) is 11.3 Å². The van der Waals surface area contributed by atoms with Gasteiger partial charge in [-0.2, -0.15) is 5.10 Å².